The molecule has 1 aromatic carbocycles. The van der Waals surface area contributed by atoms with E-state index in [-0.39, 0.29) is 0 Å². The first-order valence-corrected chi connectivity index (χ1v) is 7.15. The maximum absolute atomic E-state index is 5.45. The van der Waals surface area contributed by atoms with Gasteiger partial charge in [0, 0.05) is 23.9 Å². The minimum atomic E-state index is 0.368. The number of hydrogen-bond acceptors (Lipinski definition) is 6. The van der Waals surface area contributed by atoms with E-state index in [2.05, 4.69) is 25.4 Å². The first kappa shape index (κ1) is 12.4. The summed E-state index contributed by atoms with van der Waals surface area (Å²) in [4.78, 5) is 13.1. The van der Waals surface area contributed by atoms with Gasteiger partial charge in [-0.1, -0.05) is 5.16 Å². The Kier molecular flexibility index (Phi) is 3.08. The van der Waals surface area contributed by atoms with E-state index in [4.69, 9.17) is 4.52 Å². The third-order valence-corrected chi connectivity index (χ3v) is 3.86. The van der Waals surface area contributed by atoms with Gasteiger partial charge in [0.25, 0.3) is 0 Å². The molecular weight excluding hydrogens is 266 g/mol. The lowest BCUT2D eigenvalue weighted by Crippen LogP contribution is -2.26. The number of piperidine rings is 1. The van der Waals surface area contributed by atoms with Crippen molar-refractivity contribution in [1.82, 2.24) is 25.4 Å². The van der Waals surface area contributed by atoms with Crippen LogP contribution < -0.4 is 5.32 Å². The summed E-state index contributed by atoms with van der Waals surface area (Å²) in [7, 11) is 0. The Morgan fingerprint density at radius 1 is 1.05 bits per heavy atom. The zero-order valence-electron chi connectivity index (χ0n) is 11.5. The number of nitrogens with one attached hydrogen (secondary N) is 1. The fourth-order valence-electron chi connectivity index (χ4n) is 2.69. The molecule has 0 bridgehead atoms. The second kappa shape index (κ2) is 5.21. The molecule has 6 nitrogen and oxygen atoms in total. The molecule has 0 spiro atoms. The Labute approximate surface area is 121 Å². The summed E-state index contributed by atoms with van der Waals surface area (Å²) in [5.74, 6) is 1.73. The van der Waals surface area contributed by atoms with E-state index < -0.39 is 0 Å². The largest absolute Gasteiger partial charge is 0.339 e. The summed E-state index contributed by atoms with van der Waals surface area (Å²) < 4.78 is 5.45. The zero-order valence-corrected chi connectivity index (χ0v) is 11.5. The second-order valence-electron chi connectivity index (χ2n) is 5.24. The van der Waals surface area contributed by atoms with Gasteiger partial charge in [0.15, 0.2) is 0 Å². The van der Waals surface area contributed by atoms with Gasteiger partial charge in [0.2, 0.25) is 11.7 Å². The summed E-state index contributed by atoms with van der Waals surface area (Å²) in [5.41, 5.74) is 2.61. The van der Waals surface area contributed by atoms with Gasteiger partial charge in [0.05, 0.1) is 11.0 Å². The number of aromatic nitrogens is 4. The van der Waals surface area contributed by atoms with Crippen molar-refractivity contribution in [2.75, 3.05) is 13.1 Å². The van der Waals surface area contributed by atoms with E-state index in [9.17, 15) is 0 Å². The minimum Gasteiger partial charge on any atom is -0.339 e. The molecule has 1 aliphatic rings. The fraction of sp³-hybridized carbons (Fsp3) is 0.333. The number of nitrogens with zero attached hydrogens (tertiary/aromatic N) is 4. The third kappa shape index (κ3) is 2.38. The molecule has 0 atom stereocenters. The van der Waals surface area contributed by atoms with Crippen LogP contribution >= 0.6 is 0 Å². The lowest BCUT2D eigenvalue weighted by atomic mass is 9.98. The summed E-state index contributed by atoms with van der Waals surface area (Å²) in [5, 5.41) is 7.45. The first-order valence-electron chi connectivity index (χ1n) is 7.15. The van der Waals surface area contributed by atoms with E-state index in [1.165, 1.54) is 0 Å². The van der Waals surface area contributed by atoms with Crippen LogP contribution in [0.1, 0.15) is 24.7 Å². The number of hydrogen-bond donors (Lipinski definition) is 1. The molecule has 2 aromatic heterocycles. The molecule has 4 rings (SSSR count). The van der Waals surface area contributed by atoms with E-state index in [0.29, 0.717) is 11.7 Å². The van der Waals surface area contributed by atoms with Crippen LogP contribution in [0.3, 0.4) is 0 Å². The van der Waals surface area contributed by atoms with E-state index in [1.54, 1.807) is 12.4 Å². The van der Waals surface area contributed by atoms with E-state index in [0.717, 1.165) is 48.4 Å². The van der Waals surface area contributed by atoms with Crippen LogP contribution in [0.2, 0.25) is 0 Å². The highest BCUT2D eigenvalue weighted by Crippen LogP contribution is 2.26. The smallest absolute Gasteiger partial charge is 0.230 e. The van der Waals surface area contributed by atoms with Crippen molar-refractivity contribution in [3.8, 4) is 11.4 Å². The van der Waals surface area contributed by atoms with Crippen molar-refractivity contribution >= 4 is 11.0 Å². The second-order valence-corrected chi connectivity index (χ2v) is 5.24. The molecule has 106 valence electrons. The molecular formula is C15H15N5O. The van der Waals surface area contributed by atoms with Gasteiger partial charge >= 0.3 is 0 Å². The molecule has 0 saturated carbocycles. The Morgan fingerprint density at radius 3 is 2.71 bits per heavy atom. The van der Waals surface area contributed by atoms with Gasteiger partial charge in [-0.15, -0.1) is 0 Å². The predicted octanol–water partition coefficient (Wildman–Crippen LogP) is 2.15. The summed E-state index contributed by atoms with van der Waals surface area (Å²) in [6, 6.07) is 5.83. The van der Waals surface area contributed by atoms with Gasteiger partial charge in [-0.25, -0.2) is 0 Å². The SMILES string of the molecule is c1cnc2cc(-c3noc(C4CCNCC4)n3)ccc2n1. The monoisotopic (exact) mass is 281 g/mol. The van der Waals surface area contributed by atoms with E-state index in [1.807, 2.05) is 18.2 Å². The third-order valence-electron chi connectivity index (χ3n) is 3.86. The zero-order chi connectivity index (χ0) is 14.1. The highest BCUT2D eigenvalue weighted by atomic mass is 16.5. The first-order chi connectivity index (χ1) is 10.4. The summed E-state index contributed by atoms with van der Waals surface area (Å²) in [6.45, 7) is 2.02. The van der Waals surface area contributed by atoms with Crippen molar-refractivity contribution in [3.63, 3.8) is 0 Å². The van der Waals surface area contributed by atoms with Crippen LogP contribution in [0.25, 0.3) is 22.4 Å². The summed E-state index contributed by atoms with van der Waals surface area (Å²) in [6.07, 6.45) is 5.46. The van der Waals surface area contributed by atoms with E-state index >= 15 is 0 Å². The van der Waals surface area contributed by atoms with Crippen molar-refractivity contribution in [1.29, 1.82) is 0 Å². The molecule has 1 N–H and O–H groups in total. The van der Waals surface area contributed by atoms with Crippen LogP contribution in [-0.4, -0.2) is 33.2 Å². The standard InChI is InChI=1S/C15H15N5O/c1-2-12-13(18-8-7-17-12)9-11(1)14-19-15(21-20-14)10-3-5-16-6-4-10/h1-2,7-10,16H,3-6H2. The highest BCUT2D eigenvalue weighted by Gasteiger charge is 2.21. The maximum atomic E-state index is 5.45. The normalized spacial score (nSPS) is 16.4. The average molecular weight is 281 g/mol. The van der Waals surface area contributed by atoms with Gasteiger partial charge in [-0.2, -0.15) is 4.98 Å². The molecule has 3 heterocycles. The van der Waals surface area contributed by atoms with Crippen LogP contribution in [0.4, 0.5) is 0 Å². The van der Waals surface area contributed by atoms with Crippen molar-refractivity contribution in [2.45, 2.75) is 18.8 Å². The molecule has 1 fully saturated rings. The molecule has 21 heavy (non-hydrogen) atoms. The van der Waals surface area contributed by atoms with Gasteiger partial charge < -0.3 is 9.84 Å². The molecule has 3 aromatic rings. The van der Waals surface area contributed by atoms with Crippen LogP contribution in [-0.2, 0) is 0 Å². The minimum absolute atomic E-state index is 0.368. The number of rotatable bonds is 2. The van der Waals surface area contributed by atoms with Gasteiger partial charge in [-0.05, 0) is 44.1 Å². The highest BCUT2D eigenvalue weighted by molar-refractivity contribution is 5.79. The lowest BCUT2D eigenvalue weighted by molar-refractivity contribution is 0.320. The Balaban J connectivity index is 1.67. The van der Waals surface area contributed by atoms with Crippen molar-refractivity contribution in [2.24, 2.45) is 0 Å². The van der Waals surface area contributed by atoms with Crippen LogP contribution in [0, 0.1) is 0 Å². The Hall–Kier alpha value is -2.34. The predicted molar refractivity (Wildman–Crippen MR) is 77.7 cm³/mol. The molecule has 0 amide bonds. The number of benzene rings is 1. The number of fused-ring (bicyclic) bond motifs is 1. The van der Waals surface area contributed by atoms with Crippen molar-refractivity contribution < 1.29 is 4.52 Å². The summed E-state index contributed by atoms with van der Waals surface area (Å²) >= 11 is 0. The topological polar surface area (TPSA) is 76.7 Å². The Morgan fingerprint density at radius 2 is 1.86 bits per heavy atom. The maximum Gasteiger partial charge on any atom is 0.230 e. The Bertz CT molecular complexity index is 763. The quantitative estimate of drug-likeness (QED) is 0.775. The van der Waals surface area contributed by atoms with Gasteiger partial charge in [-0.3, -0.25) is 9.97 Å². The molecule has 1 saturated heterocycles. The van der Waals surface area contributed by atoms with Gasteiger partial charge in [0.1, 0.15) is 0 Å². The molecule has 6 heteroatoms. The lowest BCUT2D eigenvalue weighted by Gasteiger charge is -2.18. The molecule has 0 unspecified atom stereocenters. The van der Waals surface area contributed by atoms with Crippen molar-refractivity contribution in [3.05, 3.63) is 36.5 Å². The molecule has 1 aliphatic heterocycles. The molecule has 0 aliphatic carbocycles. The van der Waals surface area contributed by atoms with Crippen LogP contribution in [0.5, 0.6) is 0 Å². The molecule has 0 radical (unpaired) electrons. The fourth-order valence-corrected chi connectivity index (χ4v) is 2.69. The van der Waals surface area contributed by atoms with Crippen LogP contribution in [0.15, 0.2) is 35.1 Å². The average Bonchev–Trinajstić information content (AvgIpc) is 3.05.